The van der Waals surface area contributed by atoms with Crippen molar-refractivity contribution in [2.24, 2.45) is 17.3 Å². The van der Waals surface area contributed by atoms with E-state index in [4.69, 9.17) is 0 Å². The van der Waals surface area contributed by atoms with E-state index in [1.54, 1.807) is 24.4 Å². The summed E-state index contributed by atoms with van der Waals surface area (Å²) in [6, 6.07) is 14.6. The van der Waals surface area contributed by atoms with Crippen molar-refractivity contribution >= 4 is 48.1 Å². The van der Waals surface area contributed by atoms with Crippen LogP contribution in [0.2, 0.25) is 0 Å². The van der Waals surface area contributed by atoms with E-state index in [2.05, 4.69) is 11.1 Å². The number of halogens is 6. The number of benzene rings is 3. The van der Waals surface area contributed by atoms with Gasteiger partial charge in [-0.1, -0.05) is 73.6 Å². The first-order valence-corrected chi connectivity index (χ1v) is 18.4. The fourth-order valence-corrected chi connectivity index (χ4v) is 7.98. The molecule has 0 atom stereocenters. The summed E-state index contributed by atoms with van der Waals surface area (Å²) >= 11 is 1.22. The molecule has 289 valence electrons. The minimum Gasteiger partial charge on any atom is -0.512 e. The monoisotopic (exact) mass is 935 g/mol. The molecule has 0 aliphatic carbocycles. The largest absolute Gasteiger partial charge is 0.512 e. The van der Waals surface area contributed by atoms with Gasteiger partial charge in [0.1, 0.15) is 0 Å². The van der Waals surface area contributed by atoms with Gasteiger partial charge in [-0.3, -0.25) is 4.79 Å². The molecule has 1 N–H and O–H groups in total. The third-order valence-electron chi connectivity index (χ3n) is 9.73. The number of carbonyl (C=O) groups excluding carboxylic acids is 1. The predicted molar refractivity (Wildman–Crippen MR) is 201 cm³/mol. The fourth-order valence-electron chi connectivity index (χ4n) is 6.61. The second-order valence-electron chi connectivity index (χ2n) is 14.1. The summed E-state index contributed by atoms with van der Waals surface area (Å²) in [7, 11) is 0. The first-order chi connectivity index (χ1) is 24.3. The van der Waals surface area contributed by atoms with Crippen LogP contribution < -0.4 is 0 Å². The SMILES string of the molecule is CCC(CC)C(=O)/C=C(\O)C(CC)CC.Cc1[c-]c(-c2nccc3c2sc2c3ccc3cc(CC(C)(C)C(F)(F)F)cc(C(F)(F)F)c32)cc(C)c1.[Ir]. The minimum absolute atomic E-state index is 0. The Labute approximate surface area is 325 Å². The molecule has 0 unspecified atom stereocenters. The maximum absolute atomic E-state index is 14.3. The van der Waals surface area contributed by atoms with E-state index in [0.29, 0.717) is 15.8 Å². The number of aromatic nitrogens is 1. The Morgan fingerprint density at radius 1 is 0.868 bits per heavy atom. The zero-order chi connectivity index (χ0) is 38.8. The van der Waals surface area contributed by atoms with Crippen molar-refractivity contribution in [3.05, 3.63) is 88.8 Å². The normalized spacial score (nSPS) is 12.8. The van der Waals surface area contributed by atoms with Crippen molar-refractivity contribution < 1.29 is 56.3 Å². The minimum atomic E-state index is -4.75. The number of nitrogens with zero attached hydrogens (tertiary/aromatic N) is 1. The first kappa shape index (κ1) is 44.1. The number of hydrogen-bond donors (Lipinski definition) is 1. The topological polar surface area (TPSA) is 50.2 Å². The van der Waals surface area contributed by atoms with E-state index in [-0.39, 0.29) is 59.8 Å². The number of ketones is 1. The fraction of sp³-hybridized carbons (Fsp3) is 0.429. The number of alkyl halides is 6. The molecule has 5 rings (SSSR count). The molecule has 11 heteroatoms. The quantitative estimate of drug-likeness (QED) is 0.0657. The van der Waals surface area contributed by atoms with Crippen LogP contribution in [0.1, 0.15) is 89.5 Å². The van der Waals surface area contributed by atoms with Gasteiger partial charge in [-0.15, -0.1) is 46.2 Å². The Bertz CT molecular complexity index is 2070. The van der Waals surface area contributed by atoms with E-state index in [9.17, 15) is 36.2 Å². The van der Waals surface area contributed by atoms with Crippen LogP contribution >= 0.6 is 11.3 Å². The molecule has 3 nitrogen and oxygen atoms in total. The zero-order valence-electron chi connectivity index (χ0n) is 31.2. The van der Waals surface area contributed by atoms with Crippen LogP contribution in [0.4, 0.5) is 26.3 Å². The maximum atomic E-state index is 14.3. The molecule has 5 aromatic rings. The summed E-state index contributed by atoms with van der Waals surface area (Å²) in [6.45, 7) is 13.9. The summed E-state index contributed by atoms with van der Waals surface area (Å²) in [6.07, 6.45) is -3.32. The molecule has 1 radical (unpaired) electrons. The Morgan fingerprint density at radius 2 is 1.47 bits per heavy atom. The van der Waals surface area contributed by atoms with Gasteiger partial charge in [-0.05, 0) is 60.6 Å². The predicted octanol–water partition coefficient (Wildman–Crippen LogP) is 13.7. The van der Waals surface area contributed by atoms with Crippen molar-refractivity contribution in [1.82, 2.24) is 4.98 Å². The number of allylic oxidation sites excluding steroid dienone is 2. The molecule has 2 heterocycles. The second kappa shape index (κ2) is 17.5. The Kier molecular flexibility index (Phi) is 14.5. The van der Waals surface area contributed by atoms with Gasteiger partial charge < -0.3 is 10.1 Å². The molecule has 0 aliphatic rings. The van der Waals surface area contributed by atoms with Crippen molar-refractivity contribution in [3.8, 4) is 11.3 Å². The van der Waals surface area contributed by atoms with Crippen molar-refractivity contribution in [3.63, 3.8) is 0 Å². The Hall–Kier alpha value is -3.27. The number of rotatable bonds is 10. The number of aliphatic hydroxyl groups excluding tert-OH is 1. The standard InChI is InChI=1S/C29H22F6NS.C13H24O2.Ir/c1-15-9-16(2)11-19(10-15)24-26-21(7-8-36-24)20-6-5-18-12-17(14-27(3,4)29(33,34)35)13-22(28(30,31)32)23(18)25(20)37-26;1-5-10(6-2)12(14)9-13(15)11(7-3)8-4;/h5-10,12-13H,14H2,1-4H3;9-11,14H,5-8H2,1-4H3;/q-1;;/b;12-9-;. The Balaban J connectivity index is 0.000000403. The van der Waals surface area contributed by atoms with Crippen LogP contribution in [-0.4, -0.2) is 22.1 Å². The molecule has 2 aromatic heterocycles. The number of hydrogen-bond acceptors (Lipinski definition) is 4. The van der Waals surface area contributed by atoms with Crippen LogP contribution in [0.5, 0.6) is 0 Å². The zero-order valence-corrected chi connectivity index (χ0v) is 34.4. The van der Waals surface area contributed by atoms with Gasteiger partial charge in [0, 0.05) is 70.1 Å². The van der Waals surface area contributed by atoms with Gasteiger partial charge in [0.2, 0.25) is 0 Å². The molecular weight excluding hydrogens is 889 g/mol. The Morgan fingerprint density at radius 3 is 2.02 bits per heavy atom. The van der Waals surface area contributed by atoms with Crippen LogP contribution in [0.15, 0.2) is 60.5 Å². The van der Waals surface area contributed by atoms with Gasteiger partial charge in [0.25, 0.3) is 0 Å². The summed E-state index contributed by atoms with van der Waals surface area (Å²) in [5.74, 6) is 0.547. The molecule has 0 spiro atoms. The summed E-state index contributed by atoms with van der Waals surface area (Å²) in [5.41, 5.74) is 0.230. The third-order valence-corrected chi connectivity index (χ3v) is 11.0. The average Bonchev–Trinajstić information content (AvgIpc) is 3.43. The van der Waals surface area contributed by atoms with E-state index in [0.717, 1.165) is 72.4 Å². The number of pyridine rings is 1. The number of thiophene rings is 1. The van der Waals surface area contributed by atoms with Crippen LogP contribution in [-0.2, 0) is 37.5 Å². The number of aliphatic hydroxyl groups is 1. The van der Waals surface area contributed by atoms with E-state index < -0.39 is 29.8 Å². The van der Waals surface area contributed by atoms with Gasteiger partial charge in [-0.25, -0.2) is 0 Å². The van der Waals surface area contributed by atoms with Crippen molar-refractivity contribution in [2.75, 3.05) is 0 Å². The number of aryl methyl sites for hydroxylation is 2. The maximum Gasteiger partial charge on any atom is 0.417 e. The van der Waals surface area contributed by atoms with E-state index >= 15 is 0 Å². The molecule has 0 saturated heterocycles. The molecule has 0 bridgehead atoms. The smallest absolute Gasteiger partial charge is 0.417 e. The van der Waals surface area contributed by atoms with Crippen LogP contribution in [0, 0.1) is 37.2 Å². The molecule has 53 heavy (non-hydrogen) atoms. The van der Waals surface area contributed by atoms with Crippen LogP contribution in [0.25, 0.3) is 42.2 Å². The second-order valence-corrected chi connectivity index (χ2v) is 15.2. The molecule has 3 aromatic carbocycles. The number of fused-ring (bicyclic) bond motifs is 5. The summed E-state index contributed by atoms with van der Waals surface area (Å²) < 4.78 is 84.7. The average molecular weight is 935 g/mol. The molecule has 0 aliphatic heterocycles. The van der Waals surface area contributed by atoms with Gasteiger partial charge in [-0.2, -0.15) is 26.3 Å². The molecule has 0 saturated carbocycles. The van der Waals surface area contributed by atoms with E-state index in [1.165, 1.54) is 23.5 Å². The summed E-state index contributed by atoms with van der Waals surface area (Å²) in [4.78, 5) is 16.2. The van der Waals surface area contributed by atoms with Gasteiger partial charge >= 0.3 is 12.4 Å². The van der Waals surface area contributed by atoms with Gasteiger partial charge in [0.15, 0.2) is 5.78 Å². The third kappa shape index (κ3) is 9.89. The molecule has 0 fully saturated rings. The number of carbonyl (C=O) groups is 1. The molecular formula is C42H46F6IrNO2S-. The van der Waals surface area contributed by atoms with Crippen molar-refractivity contribution in [2.45, 2.75) is 99.8 Å². The van der Waals surface area contributed by atoms with Gasteiger partial charge in [0.05, 0.1) is 16.7 Å². The first-order valence-electron chi connectivity index (χ1n) is 17.6. The van der Waals surface area contributed by atoms with E-state index in [1.807, 2.05) is 53.7 Å². The van der Waals surface area contributed by atoms with Crippen molar-refractivity contribution in [1.29, 1.82) is 0 Å². The molecule has 0 amide bonds. The summed E-state index contributed by atoms with van der Waals surface area (Å²) in [5, 5.41) is 11.4. The van der Waals surface area contributed by atoms with Crippen LogP contribution in [0.3, 0.4) is 0 Å².